The lowest BCUT2D eigenvalue weighted by molar-refractivity contribution is -0.384. The van der Waals surface area contributed by atoms with Crippen LogP contribution in [-0.2, 0) is 10.0 Å². The molecule has 8 nitrogen and oxygen atoms in total. The molecular formula is C12H20N4O4S. The average Bonchev–Trinajstić information content (AvgIpc) is 2.37. The molecule has 0 aromatic heterocycles. The lowest BCUT2D eigenvalue weighted by atomic mass is 10.3. The van der Waals surface area contributed by atoms with E-state index in [1.54, 1.807) is 0 Å². The monoisotopic (exact) mass is 316 g/mol. The lowest BCUT2D eigenvalue weighted by Gasteiger charge is -2.10. The summed E-state index contributed by atoms with van der Waals surface area (Å²) in [6.07, 6.45) is 1.55. The zero-order valence-corrected chi connectivity index (χ0v) is 12.9. The Bertz CT molecular complexity index is 601. The molecule has 0 spiro atoms. The number of nitrogens with zero attached hydrogens (tertiary/aromatic N) is 2. The molecule has 0 atom stereocenters. The summed E-state index contributed by atoms with van der Waals surface area (Å²) in [4.78, 5) is 11.9. The highest BCUT2D eigenvalue weighted by molar-refractivity contribution is 7.89. The quantitative estimate of drug-likeness (QED) is 0.317. The van der Waals surface area contributed by atoms with Gasteiger partial charge in [-0.05, 0) is 45.6 Å². The number of benzene rings is 1. The van der Waals surface area contributed by atoms with Crippen LogP contribution < -0.4 is 10.5 Å². The van der Waals surface area contributed by atoms with Crippen molar-refractivity contribution in [2.75, 3.05) is 32.9 Å². The number of unbranched alkanes of at least 4 members (excludes halogenated alkanes) is 1. The van der Waals surface area contributed by atoms with Gasteiger partial charge in [-0.25, -0.2) is 13.1 Å². The number of hydrogen-bond donors (Lipinski definition) is 2. The minimum Gasteiger partial charge on any atom is -0.393 e. The van der Waals surface area contributed by atoms with Crippen molar-refractivity contribution >= 4 is 21.4 Å². The molecule has 118 valence electrons. The molecule has 1 aromatic carbocycles. The third kappa shape index (κ3) is 5.29. The van der Waals surface area contributed by atoms with E-state index in [1.807, 2.05) is 19.0 Å². The third-order valence-corrected chi connectivity index (χ3v) is 4.29. The summed E-state index contributed by atoms with van der Waals surface area (Å²) >= 11 is 0. The number of sulfonamides is 1. The van der Waals surface area contributed by atoms with Crippen molar-refractivity contribution in [3.63, 3.8) is 0 Å². The number of nitro groups is 1. The van der Waals surface area contributed by atoms with Crippen LogP contribution in [0.25, 0.3) is 0 Å². The minimum absolute atomic E-state index is 0.0649. The summed E-state index contributed by atoms with van der Waals surface area (Å²) in [6.45, 7) is 1.16. The highest BCUT2D eigenvalue weighted by atomic mass is 32.2. The van der Waals surface area contributed by atoms with Gasteiger partial charge in [0.25, 0.3) is 5.69 Å². The van der Waals surface area contributed by atoms with Crippen molar-refractivity contribution in [2.45, 2.75) is 17.7 Å². The van der Waals surface area contributed by atoms with E-state index in [-0.39, 0.29) is 17.1 Å². The fraction of sp³-hybridized carbons (Fsp3) is 0.500. The molecule has 0 unspecified atom stereocenters. The van der Waals surface area contributed by atoms with Gasteiger partial charge in [0.2, 0.25) is 10.0 Å². The molecule has 0 aliphatic carbocycles. The van der Waals surface area contributed by atoms with E-state index in [9.17, 15) is 18.5 Å². The summed E-state index contributed by atoms with van der Waals surface area (Å²) in [7, 11) is 0.127. The molecule has 3 N–H and O–H groups in total. The average molecular weight is 316 g/mol. The first kappa shape index (κ1) is 17.3. The SMILES string of the molecule is CN(C)CCCCNS(=O)(=O)c1ccc(N)c([N+](=O)[O-])c1. The largest absolute Gasteiger partial charge is 0.393 e. The number of nitrogen functional groups attached to an aromatic ring is 1. The van der Waals surface area contributed by atoms with Gasteiger partial charge in [-0.3, -0.25) is 10.1 Å². The lowest BCUT2D eigenvalue weighted by Crippen LogP contribution is -2.25. The number of nitrogens with one attached hydrogen (secondary N) is 1. The Labute approximate surface area is 124 Å². The molecule has 21 heavy (non-hydrogen) atoms. The van der Waals surface area contributed by atoms with Crippen LogP contribution in [0.15, 0.2) is 23.1 Å². The molecule has 0 heterocycles. The molecule has 0 bridgehead atoms. The molecule has 0 aliphatic rings. The number of anilines is 1. The van der Waals surface area contributed by atoms with Crippen LogP contribution in [0.1, 0.15) is 12.8 Å². The van der Waals surface area contributed by atoms with E-state index in [0.717, 1.165) is 19.0 Å². The standard InChI is InChI=1S/C12H20N4O4S/c1-15(2)8-4-3-7-14-21(19,20)10-5-6-11(13)12(9-10)16(17)18/h5-6,9,14H,3-4,7-8,13H2,1-2H3. The van der Waals surface area contributed by atoms with E-state index < -0.39 is 20.6 Å². The van der Waals surface area contributed by atoms with Crippen LogP contribution in [0.2, 0.25) is 0 Å². The van der Waals surface area contributed by atoms with Gasteiger partial charge in [0, 0.05) is 12.6 Å². The fourth-order valence-corrected chi connectivity index (χ4v) is 2.79. The van der Waals surface area contributed by atoms with Crippen molar-refractivity contribution in [2.24, 2.45) is 0 Å². The normalized spacial score (nSPS) is 11.8. The van der Waals surface area contributed by atoms with Gasteiger partial charge in [0.1, 0.15) is 5.69 Å². The Hall–Kier alpha value is -1.71. The van der Waals surface area contributed by atoms with Gasteiger partial charge in [-0.15, -0.1) is 0 Å². The van der Waals surface area contributed by atoms with Gasteiger partial charge < -0.3 is 10.6 Å². The molecule has 9 heteroatoms. The summed E-state index contributed by atoms with van der Waals surface area (Å²) in [6, 6.07) is 3.45. The number of nitrogens with two attached hydrogens (primary N) is 1. The first-order valence-corrected chi connectivity index (χ1v) is 7.90. The Balaban J connectivity index is 2.70. The molecular weight excluding hydrogens is 296 g/mol. The van der Waals surface area contributed by atoms with Gasteiger partial charge in [-0.1, -0.05) is 0 Å². The fourth-order valence-electron chi connectivity index (χ4n) is 1.69. The maximum absolute atomic E-state index is 12.0. The van der Waals surface area contributed by atoms with Crippen molar-refractivity contribution in [1.82, 2.24) is 9.62 Å². The van der Waals surface area contributed by atoms with E-state index >= 15 is 0 Å². The topological polar surface area (TPSA) is 119 Å². The third-order valence-electron chi connectivity index (χ3n) is 2.83. The first-order chi connectivity index (χ1) is 9.74. The molecule has 1 aromatic rings. The minimum atomic E-state index is -3.76. The van der Waals surface area contributed by atoms with Gasteiger partial charge in [0.05, 0.1) is 9.82 Å². The highest BCUT2D eigenvalue weighted by Gasteiger charge is 2.19. The van der Waals surface area contributed by atoms with E-state index in [0.29, 0.717) is 6.42 Å². The Morgan fingerprint density at radius 2 is 2.00 bits per heavy atom. The van der Waals surface area contributed by atoms with Crippen molar-refractivity contribution in [3.05, 3.63) is 28.3 Å². The smallest absolute Gasteiger partial charge is 0.293 e. The predicted octanol–water partition coefficient (Wildman–Crippen LogP) is 0.797. The maximum Gasteiger partial charge on any atom is 0.293 e. The van der Waals surface area contributed by atoms with E-state index in [2.05, 4.69) is 4.72 Å². The highest BCUT2D eigenvalue weighted by Crippen LogP contribution is 2.24. The summed E-state index contributed by atoms with van der Waals surface area (Å²) in [5.74, 6) is 0. The van der Waals surface area contributed by atoms with Crippen LogP contribution in [0.3, 0.4) is 0 Å². The predicted molar refractivity (Wildman–Crippen MR) is 80.5 cm³/mol. The van der Waals surface area contributed by atoms with Crippen LogP contribution in [-0.4, -0.2) is 45.4 Å². The number of rotatable bonds is 8. The van der Waals surface area contributed by atoms with Gasteiger partial charge in [-0.2, -0.15) is 0 Å². The molecule has 0 amide bonds. The second kappa shape index (κ2) is 7.34. The van der Waals surface area contributed by atoms with Crippen molar-refractivity contribution in [1.29, 1.82) is 0 Å². The second-order valence-electron chi connectivity index (χ2n) is 4.89. The zero-order chi connectivity index (χ0) is 16.0. The van der Waals surface area contributed by atoms with Crippen LogP contribution in [0, 0.1) is 10.1 Å². The van der Waals surface area contributed by atoms with E-state index in [4.69, 9.17) is 5.73 Å². The zero-order valence-electron chi connectivity index (χ0n) is 12.1. The van der Waals surface area contributed by atoms with Crippen molar-refractivity contribution < 1.29 is 13.3 Å². The molecule has 0 aliphatic heterocycles. The Kier molecular flexibility index (Phi) is 6.06. The summed E-state index contributed by atoms with van der Waals surface area (Å²) in [5.41, 5.74) is 4.96. The maximum atomic E-state index is 12.0. The molecule has 0 saturated heterocycles. The van der Waals surface area contributed by atoms with Crippen molar-refractivity contribution in [3.8, 4) is 0 Å². The molecule has 0 radical (unpaired) electrons. The second-order valence-corrected chi connectivity index (χ2v) is 6.65. The van der Waals surface area contributed by atoms with E-state index in [1.165, 1.54) is 12.1 Å². The summed E-state index contributed by atoms with van der Waals surface area (Å²) < 4.78 is 26.5. The van der Waals surface area contributed by atoms with Gasteiger partial charge in [0.15, 0.2) is 0 Å². The Morgan fingerprint density at radius 1 is 1.33 bits per heavy atom. The molecule has 0 saturated carbocycles. The molecule has 1 rings (SSSR count). The summed E-state index contributed by atoms with van der Waals surface area (Å²) in [5, 5.41) is 10.8. The number of nitro benzene ring substituents is 1. The first-order valence-electron chi connectivity index (χ1n) is 6.42. The number of hydrogen-bond acceptors (Lipinski definition) is 6. The van der Waals surface area contributed by atoms with Crippen LogP contribution >= 0.6 is 0 Å². The Morgan fingerprint density at radius 3 is 2.57 bits per heavy atom. The molecule has 0 fully saturated rings. The van der Waals surface area contributed by atoms with Gasteiger partial charge >= 0.3 is 0 Å². The van der Waals surface area contributed by atoms with Crippen LogP contribution in [0.4, 0.5) is 11.4 Å². The van der Waals surface area contributed by atoms with Crippen LogP contribution in [0.5, 0.6) is 0 Å².